The van der Waals surface area contributed by atoms with E-state index in [1.54, 1.807) is 25.3 Å². The van der Waals surface area contributed by atoms with Gasteiger partial charge < -0.3 is 15.6 Å². The number of phenolic OH excluding ortho intramolecular Hbond substituents is 1. The Morgan fingerprint density at radius 3 is 2.31 bits per heavy atom. The van der Waals surface area contributed by atoms with Crippen molar-refractivity contribution in [1.82, 2.24) is 0 Å². The molecule has 16 heavy (non-hydrogen) atoms. The van der Waals surface area contributed by atoms with Gasteiger partial charge in [0.2, 0.25) is 0 Å². The number of nitrogen functional groups attached to an aromatic ring is 1. The maximum atomic E-state index is 9.76. The second-order valence-electron chi connectivity index (χ2n) is 3.47. The number of phenols is 1. The first-order valence-corrected chi connectivity index (χ1v) is 4.94. The third-order valence-electron chi connectivity index (χ3n) is 2.45. The molecule has 0 heterocycles. The first kappa shape index (κ1) is 10.4. The van der Waals surface area contributed by atoms with Gasteiger partial charge in [-0.2, -0.15) is 0 Å². The van der Waals surface area contributed by atoms with Crippen LogP contribution >= 0.6 is 0 Å². The van der Waals surface area contributed by atoms with E-state index >= 15 is 0 Å². The summed E-state index contributed by atoms with van der Waals surface area (Å²) in [5.41, 5.74) is 7.92. The van der Waals surface area contributed by atoms with E-state index in [-0.39, 0.29) is 5.75 Å². The fraction of sp³-hybridized carbons (Fsp3) is 0.0769. The predicted octanol–water partition coefficient (Wildman–Crippen LogP) is 2.65. The highest BCUT2D eigenvalue weighted by Gasteiger charge is 2.07. The molecule has 0 saturated carbocycles. The van der Waals surface area contributed by atoms with E-state index in [0.717, 1.165) is 11.3 Å². The Hall–Kier alpha value is -2.16. The van der Waals surface area contributed by atoms with Crippen molar-refractivity contribution in [2.75, 3.05) is 12.8 Å². The van der Waals surface area contributed by atoms with Gasteiger partial charge in [-0.25, -0.2) is 0 Å². The lowest BCUT2D eigenvalue weighted by Crippen LogP contribution is -1.90. The fourth-order valence-electron chi connectivity index (χ4n) is 1.63. The third kappa shape index (κ3) is 1.80. The Bertz CT molecular complexity index is 472. The maximum absolute atomic E-state index is 9.76. The first-order valence-electron chi connectivity index (χ1n) is 4.94. The van der Waals surface area contributed by atoms with Crippen molar-refractivity contribution in [2.24, 2.45) is 0 Å². The lowest BCUT2D eigenvalue weighted by molar-refractivity contribution is 0.415. The summed E-state index contributed by atoms with van der Waals surface area (Å²) >= 11 is 0. The number of methoxy groups -OCH3 is 1. The van der Waals surface area contributed by atoms with Crippen LogP contribution in [0.5, 0.6) is 11.5 Å². The normalized spacial score (nSPS) is 10.1. The molecule has 0 atom stereocenters. The fourth-order valence-corrected chi connectivity index (χ4v) is 1.63. The quantitative estimate of drug-likeness (QED) is 0.757. The zero-order valence-corrected chi connectivity index (χ0v) is 8.97. The van der Waals surface area contributed by atoms with Gasteiger partial charge in [0.1, 0.15) is 11.5 Å². The molecule has 82 valence electrons. The van der Waals surface area contributed by atoms with E-state index in [9.17, 15) is 5.11 Å². The molecule has 3 heteroatoms. The van der Waals surface area contributed by atoms with Gasteiger partial charge in [0.25, 0.3) is 0 Å². The molecular weight excluding hydrogens is 202 g/mol. The number of benzene rings is 2. The third-order valence-corrected chi connectivity index (χ3v) is 2.45. The van der Waals surface area contributed by atoms with Gasteiger partial charge in [0.15, 0.2) is 0 Å². The van der Waals surface area contributed by atoms with E-state index in [4.69, 9.17) is 10.5 Å². The van der Waals surface area contributed by atoms with Crippen LogP contribution in [0.15, 0.2) is 42.5 Å². The molecule has 0 aliphatic rings. The second-order valence-corrected chi connectivity index (χ2v) is 3.47. The van der Waals surface area contributed by atoms with Crippen molar-refractivity contribution < 1.29 is 9.84 Å². The average molecular weight is 215 g/mol. The Labute approximate surface area is 94.1 Å². The van der Waals surface area contributed by atoms with E-state index in [1.165, 1.54) is 0 Å². The van der Waals surface area contributed by atoms with Gasteiger partial charge >= 0.3 is 0 Å². The molecule has 0 amide bonds. The molecule has 2 aromatic carbocycles. The SMILES string of the molecule is COc1ccc(-c2c(N)cccc2O)cc1. The topological polar surface area (TPSA) is 55.5 Å². The number of ether oxygens (including phenoxy) is 1. The summed E-state index contributed by atoms with van der Waals surface area (Å²) in [4.78, 5) is 0. The molecule has 0 spiro atoms. The van der Waals surface area contributed by atoms with Crippen molar-refractivity contribution in [3.05, 3.63) is 42.5 Å². The minimum Gasteiger partial charge on any atom is -0.507 e. The number of nitrogens with two attached hydrogens (primary N) is 1. The van der Waals surface area contributed by atoms with Gasteiger partial charge in [-0.15, -0.1) is 0 Å². The van der Waals surface area contributed by atoms with Crippen LogP contribution < -0.4 is 10.5 Å². The summed E-state index contributed by atoms with van der Waals surface area (Å²) in [5, 5.41) is 9.76. The smallest absolute Gasteiger partial charge is 0.125 e. The molecule has 3 N–H and O–H groups in total. The number of hydrogen-bond acceptors (Lipinski definition) is 3. The van der Waals surface area contributed by atoms with Gasteiger partial charge in [-0.3, -0.25) is 0 Å². The largest absolute Gasteiger partial charge is 0.507 e. The predicted molar refractivity (Wildman–Crippen MR) is 64.5 cm³/mol. The van der Waals surface area contributed by atoms with Crippen molar-refractivity contribution in [3.63, 3.8) is 0 Å². The van der Waals surface area contributed by atoms with E-state index in [1.807, 2.05) is 24.3 Å². The summed E-state index contributed by atoms with van der Waals surface area (Å²) in [6.07, 6.45) is 0. The highest BCUT2D eigenvalue weighted by Crippen LogP contribution is 2.34. The average Bonchev–Trinajstić information content (AvgIpc) is 2.30. The molecule has 0 fully saturated rings. The van der Waals surface area contributed by atoms with Crippen LogP contribution in [0.25, 0.3) is 11.1 Å². The van der Waals surface area contributed by atoms with Crippen molar-refractivity contribution in [3.8, 4) is 22.6 Å². The molecule has 0 aliphatic heterocycles. The summed E-state index contributed by atoms with van der Waals surface area (Å²) in [5.74, 6) is 0.961. The number of hydrogen-bond donors (Lipinski definition) is 2. The second kappa shape index (κ2) is 4.14. The molecule has 2 rings (SSSR count). The van der Waals surface area contributed by atoms with E-state index < -0.39 is 0 Å². The molecule has 0 aliphatic carbocycles. The lowest BCUT2D eigenvalue weighted by atomic mass is 10.0. The summed E-state index contributed by atoms with van der Waals surface area (Å²) in [7, 11) is 1.61. The van der Waals surface area contributed by atoms with Crippen LogP contribution in [0, 0.1) is 0 Å². The van der Waals surface area contributed by atoms with Crippen molar-refractivity contribution in [2.45, 2.75) is 0 Å². The van der Waals surface area contributed by atoms with Gasteiger partial charge in [0, 0.05) is 11.3 Å². The van der Waals surface area contributed by atoms with E-state index in [2.05, 4.69) is 0 Å². The zero-order chi connectivity index (χ0) is 11.5. The van der Waals surface area contributed by atoms with Crippen LogP contribution in [0.1, 0.15) is 0 Å². The summed E-state index contributed by atoms with van der Waals surface area (Å²) < 4.78 is 5.07. The van der Waals surface area contributed by atoms with Crippen LogP contribution in [-0.2, 0) is 0 Å². The van der Waals surface area contributed by atoms with Crippen molar-refractivity contribution in [1.29, 1.82) is 0 Å². The number of aromatic hydroxyl groups is 1. The van der Waals surface area contributed by atoms with Crippen molar-refractivity contribution >= 4 is 5.69 Å². The molecule has 0 aromatic heterocycles. The highest BCUT2D eigenvalue weighted by molar-refractivity contribution is 5.81. The van der Waals surface area contributed by atoms with Gasteiger partial charge in [-0.05, 0) is 29.8 Å². The molecular formula is C13H13NO2. The highest BCUT2D eigenvalue weighted by atomic mass is 16.5. The first-order chi connectivity index (χ1) is 7.72. The standard InChI is InChI=1S/C13H13NO2/c1-16-10-7-5-9(6-8-10)13-11(14)3-2-4-12(13)15/h2-8,15H,14H2,1H3. The molecule has 0 saturated heterocycles. The van der Waals surface area contributed by atoms with Gasteiger partial charge in [0.05, 0.1) is 7.11 Å². The van der Waals surface area contributed by atoms with Gasteiger partial charge in [-0.1, -0.05) is 18.2 Å². The van der Waals surface area contributed by atoms with Crippen LogP contribution in [-0.4, -0.2) is 12.2 Å². The number of rotatable bonds is 2. The molecule has 0 radical (unpaired) electrons. The molecule has 0 bridgehead atoms. The van der Waals surface area contributed by atoms with Crippen LogP contribution in [0.4, 0.5) is 5.69 Å². The molecule has 0 unspecified atom stereocenters. The Kier molecular flexibility index (Phi) is 2.68. The monoisotopic (exact) mass is 215 g/mol. The lowest BCUT2D eigenvalue weighted by Gasteiger charge is -2.08. The Balaban J connectivity index is 2.50. The van der Waals surface area contributed by atoms with Crippen LogP contribution in [0.3, 0.4) is 0 Å². The Morgan fingerprint density at radius 2 is 1.75 bits per heavy atom. The number of anilines is 1. The van der Waals surface area contributed by atoms with Crippen LogP contribution in [0.2, 0.25) is 0 Å². The maximum Gasteiger partial charge on any atom is 0.125 e. The Morgan fingerprint density at radius 1 is 1.06 bits per heavy atom. The summed E-state index contributed by atoms with van der Waals surface area (Å²) in [6.45, 7) is 0. The summed E-state index contributed by atoms with van der Waals surface area (Å²) in [6, 6.07) is 12.5. The van der Waals surface area contributed by atoms with E-state index in [0.29, 0.717) is 11.3 Å². The zero-order valence-electron chi connectivity index (χ0n) is 8.97. The minimum atomic E-state index is 0.185. The molecule has 3 nitrogen and oxygen atoms in total. The minimum absolute atomic E-state index is 0.185. The molecule has 2 aromatic rings.